The Hall–Kier alpha value is -3.33. The predicted molar refractivity (Wildman–Crippen MR) is 126 cm³/mol. The summed E-state index contributed by atoms with van der Waals surface area (Å²) in [6, 6.07) is 7.51. The van der Waals surface area contributed by atoms with E-state index in [2.05, 4.69) is 58.5 Å². The van der Waals surface area contributed by atoms with Gasteiger partial charge in [0.1, 0.15) is 17.1 Å². The third-order valence-electron chi connectivity index (χ3n) is 6.27. The van der Waals surface area contributed by atoms with E-state index in [9.17, 15) is 5.11 Å². The lowest BCUT2D eigenvalue weighted by atomic mass is 9.80. The summed E-state index contributed by atoms with van der Waals surface area (Å²) in [5, 5.41) is 32.2. The Bertz CT molecular complexity index is 1330. The van der Waals surface area contributed by atoms with Crippen molar-refractivity contribution >= 4 is 11.2 Å². The summed E-state index contributed by atoms with van der Waals surface area (Å²) in [5.41, 5.74) is 4.22. The van der Waals surface area contributed by atoms with Gasteiger partial charge >= 0.3 is 0 Å². The summed E-state index contributed by atoms with van der Waals surface area (Å²) in [4.78, 5) is 4.43. The highest BCUT2D eigenvalue weighted by atomic mass is 16.3. The average Bonchev–Trinajstić information content (AvgIpc) is 3.27. The Morgan fingerprint density at radius 3 is 2.36 bits per heavy atom. The number of rotatable bonds is 3. The fraction of sp³-hybridized carbons (Fsp3) is 0.458. The molecule has 0 atom stereocenters. The van der Waals surface area contributed by atoms with Crippen LogP contribution in [0, 0.1) is 13.8 Å². The second-order valence-electron chi connectivity index (χ2n) is 10.4. The van der Waals surface area contributed by atoms with Crippen LogP contribution in [-0.2, 0) is 0 Å². The van der Waals surface area contributed by atoms with Crippen molar-refractivity contribution in [3.05, 3.63) is 42.0 Å². The van der Waals surface area contributed by atoms with E-state index in [4.69, 9.17) is 0 Å². The van der Waals surface area contributed by atoms with Crippen LogP contribution in [0.3, 0.4) is 0 Å². The van der Waals surface area contributed by atoms with Gasteiger partial charge in [-0.1, -0.05) is 5.21 Å². The fourth-order valence-electron chi connectivity index (χ4n) is 5.34. The second-order valence-corrected chi connectivity index (χ2v) is 10.4. The van der Waals surface area contributed by atoms with Gasteiger partial charge in [-0.05, 0) is 72.6 Å². The highest BCUT2D eigenvalue weighted by Crippen LogP contribution is 2.37. The van der Waals surface area contributed by atoms with E-state index in [1.165, 1.54) is 0 Å². The lowest BCUT2D eigenvalue weighted by molar-refractivity contribution is 0.127. The van der Waals surface area contributed by atoms with E-state index < -0.39 is 0 Å². The van der Waals surface area contributed by atoms with Crippen molar-refractivity contribution in [2.45, 2.75) is 71.5 Å². The zero-order chi connectivity index (χ0) is 23.5. The number of phenolic OH excluding ortho intramolecular Hbond substituents is 1. The number of fused-ring (bicyclic) bond motifs is 1. The molecule has 4 aromatic rings. The van der Waals surface area contributed by atoms with Crippen LogP contribution < -0.4 is 5.32 Å². The molecule has 9 nitrogen and oxygen atoms in total. The second kappa shape index (κ2) is 7.34. The summed E-state index contributed by atoms with van der Waals surface area (Å²) < 4.78 is 3.85. The molecule has 9 heteroatoms. The van der Waals surface area contributed by atoms with Crippen molar-refractivity contribution in [1.29, 1.82) is 0 Å². The number of phenols is 1. The monoisotopic (exact) mass is 446 g/mol. The van der Waals surface area contributed by atoms with Gasteiger partial charge in [0.05, 0.1) is 23.1 Å². The van der Waals surface area contributed by atoms with Crippen molar-refractivity contribution in [1.82, 2.24) is 40.1 Å². The predicted octanol–water partition coefficient (Wildman–Crippen LogP) is 3.88. The molecule has 1 aromatic carbocycles. The van der Waals surface area contributed by atoms with Gasteiger partial charge in [-0.15, -0.1) is 15.3 Å². The number of imidazole rings is 1. The maximum absolute atomic E-state index is 10.8. The lowest BCUT2D eigenvalue weighted by Gasteiger charge is -2.46. The van der Waals surface area contributed by atoms with Crippen LogP contribution in [0.15, 0.2) is 30.5 Å². The smallest absolute Gasteiger partial charge is 0.201 e. The molecule has 2 N–H and O–H groups in total. The maximum Gasteiger partial charge on any atom is 0.201 e. The number of aromatic nitrogens is 7. The van der Waals surface area contributed by atoms with Crippen LogP contribution in [0.4, 0.5) is 0 Å². The minimum atomic E-state index is -0.0161. The van der Waals surface area contributed by atoms with Crippen LogP contribution in [0.1, 0.15) is 58.1 Å². The highest BCUT2D eigenvalue weighted by Gasteiger charge is 2.39. The first-order valence-corrected chi connectivity index (χ1v) is 11.3. The van der Waals surface area contributed by atoms with Crippen LogP contribution in [0.5, 0.6) is 5.75 Å². The summed E-state index contributed by atoms with van der Waals surface area (Å²) in [6.07, 6.45) is 3.79. The van der Waals surface area contributed by atoms with E-state index in [1.807, 2.05) is 47.5 Å². The quantitative estimate of drug-likeness (QED) is 0.492. The van der Waals surface area contributed by atoms with Crippen molar-refractivity contribution in [3.63, 3.8) is 0 Å². The number of hydrogen-bond donors (Lipinski definition) is 2. The number of piperidine rings is 1. The summed E-state index contributed by atoms with van der Waals surface area (Å²) in [6.45, 7) is 12.7. The van der Waals surface area contributed by atoms with E-state index in [-0.39, 0.29) is 22.9 Å². The van der Waals surface area contributed by atoms with Gasteiger partial charge in [-0.3, -0.25) is 0 Å². The molecule has 33 heavy (non-hydrogen) atoms. The molecule has 5 rings (SSSR count). The largest absolute Gasteiger partial charge is 0.507 e. The summed E-state index contributed by atoms with van der Waals surface area (Å²) in [7, 11) is 0. The molecule has 0 saturated carbocycles. The van der Waals surface area contributed by atoms with Crippen LogP contribution >= 0.6 is 0 Å². The minimum absolute atomic E-state index is 0.0161. The Morgan fingerprint density at radius 2 is 1.73 bits per heavy atom. The third-order valence-corrected chi connectivity index (χ3v) is 6.27. The Balaban J connectivity index is 1.48. The first-order valence-electron chi connectivity index (χ1n) is 11.3. The molecule has 0 bridgehead atoms. The molecule has 0 spiro atoms. The molecule has 0 unspecified atom stereocenters. The van der Waals surface area contributed by atoms with Gasteiger partial charge in [0, 0.05) is 28.9 Å². The van der Waals surface area contributed by atoms with Crippen LogP contribution in [0.25, 0.3) is 28.1 Å². The number of nitrogens with one attached hydrogen (secondary N) is 1. The van der Waals surface area contributed by atoms with Crippen LogP contribution in [-0.4, -0.2) is 50.9 Å². The lowest BCUT2D eigenvalue weighted by Crippen LogP contribution is -2.58. The molecule has 3 aromatic heterocycles. The van der Waals surface area contributed by atoms with E-state index in [0.717, 1.165) is 30.0 Å². The molecule has 172 valence electrons. The molecule has 1 aliphatic rings. The molecule has 0 radical (unpaired) electrons. The Labute approximate surface area is 192 Å². The van der Waals surface area contributed by atoms with Gasteiger partial charge < -0.3 is 15.0 Å². The standard InChI is InChI=1S/C24H30N8O/c1-14-13-31(15(2)25-14)16-7-8-18(21(33)9-16)19-10-20-22(28-26-19)32(30-27-20)17-11-23(3,4)29-24(5,6)12-17/h7-10,13,17,29,33H,11-12H2,1-6H3. The van der Waals surface area contributed by atoms with Gasteiger partial charge in [0.25, 0.3) is 0 Å². The van der Waals surface area contributed by atoms with Crippen molar-refractivity contribution in [3.8, 4) is 22.7 Å². The zero-order valence-corrected chi connectivity index (χ0v) is 20.0. The molecule has 0 aliphatic carbocycles. The topological polar surface area (TPSA) is 107 Å². The molecule has 1 aliphatic heterocycles. The zero-order valence-electron chi connectivity index (χ0n) is 20.0. The minimum Gasteiger partial charge on any atom is -0.507 e. The van der Waals surface area contributed by atoms with E-state index in [1.54, 1.807) is 6.07 Å². The van der Waals surface area contributed by atoms with Crippen molar-refractivity contribution in [2.75, 3.05) is 0 Å². The van der Waals surface area contributed by atoms with Crippen LogP contribution in [0.2, 0.25) is 0 Å². The van der Waals surface area contributed by atoms with Crippen molar-refractivity contribution in [2.24, 2.45) is 0 Å². The molecule has 1 saturated heterocycles. The molecule has 1 fully saturated rings. The number of aromatic hydroxyl groups is 1. The maximum atomic E-state index is 10.8. The van der Waals surface area contributed by atoms with E-state index in [0.29, 0.717) is 22.4 Å². The number of hydrogen-bond acceptors (Lipinski definition) is 7. The SMILES string of the molecule is Cc1cn(-c2ccc(-c3cc4nnn(C5CC(C)(C)NC(C)(C)C5)c4nn3)c(O)c2)c(C)n1. The first kappa shape index (κ1) is 21.5. The number of nitrogens with zero attached hydrogens (tertiary/aromatic N) is 7. The van der Waals surface area contributed by atoms with Gasteiger partial charge in [-0.25, -0.2) is 9.67 Å². The summed E-state index contributed by atoms with van der Waals surface area (Å²) in [5.74, 6) is 0.989. The highest BCUT2D eigenvalue weighted by molar-refractivity contribution is 5.77. The molecule has 4 heterocycles. The van der Waals surface area contributed by atoms with Gasteiger partial charge in [-0.2, -0.15) is 0 Å². The molecular weight excluding hydrogens is 416 g/mol. The average molecular weight is 447 g/mol. The first-order chi connectivity index (χ1) is 15.5. The van der Waals surface area contributed by atoms with Crippen molar-refractivity contribution < 1.29 is 5.11 Å². The van der Waals surface area contributed by atoms with Gasteiger partial charge in [0.2, 0.25) is 5.65 Å². The van der Waals surface area contributed by atoms with E-state index >= 15 is 0 Å². The summed E-state index contributed by atoms with van der Waals surface area (Å²) >= 11 is 0. The van der Waals surface area contributed by atoms with Gasteiger partial charge in [0.15, 0.2) is 0 Å². The Kier molecular flexibility index (Phi) is 4.79. The Morgan fingerprint density at radius 1 is 1.00 bits per heavy atom. The molecular formula is C24H30N8O. The number of benzene rings is 1. The number of aryl methyl sites for hydroxylation is 2. The molecule has 0 amide bonds. The normalized spacial score (nSPS) is 18.1. The third kappa shape index (κ3) is 3.97. The fourth-order valence-corrected chi connectivity index (χ4v) is 5.34.